The van der Waals surface area contributed by atoms with Crippen LogP contribution in [0.2, 0.25) is 0 Å². The van der Waals surface area contributed by atoms with Crippen LogP contribution in [-0.2, 0) is 0 Å². The Morgan fingerprint density at radius 2 is 2.23 bits per heavy atom. The summed E-state index contributed by atoms with van der Waals surface area (Å²) >= 11 is 0. The van der Waals surface area contributed by atoms with E-state index in [1.54, 1.807) is 6.92 Å². The average molecular weight is 304 g/mol. The molecule has 1 saturated heterocycles. The largest absolute Gasteiger partial charge is 0.423 e. The molecule has 0 saturated carbocycles. The Hall–Kier alpha value is -2.41. The molecule has 1 aliphatic rings. The van der Waals surface area contributed by atoms with Gasteiger partial charge in [0.05, 0.1) is 17.6 Å². The highest BCUT2D eigenvalue weighted by atomic mass is 16.6. The number of benzene rings is 1. The third-order valence-corrected chi connectivity index (χ3v) is 4.14. The van der Waals surface area contributed by atoms with E-state index in [2.05, 4.69) is 0 Å². The van der Waals surface area contributed by atoms with Crippen LogP contribution in [0.1, 0.15) is 18.4 Å². The van der Waals surface area contributed by atoms with Gasteiger partial charge in [0.25, 0.3) is 5.69 Å². The SMILES string of the molecule is Cc1cc(=O)oc2cc(N3CCC[C@H]3CO)c([N+](=O)[O-])cc12. The molecule has 0 spiro atoms. The Bertz CT molecular complexity index is 798. The first-order chi connectivity index (χ1) is 10.5. The van der Waals surface area contributed by atoms with E-state index >= 15 is 0 Å². The highest BCUT2D eigenvalue weighted by Gasteiger charge is 2.30. The minimum Gasteiger partial charge on any atom is -0.423 e. The third kappa shape index (κ3) is 2.33. The van der Waals surface area contributed by atoms with Gasteiger partial charge >= 0.3 is 5.63 Å². The fourth-order valence-electron chi connectivity index (χ4n) is 3.06. The van der Waals surface area contributed by atoms with E-state index in [0.29, 0.717) is 28.8 Å². The van der Waals surface area contributed by atoms with Crippen LogP contribution in [0.5, 0.6) is 0 Å². The topological polar surface area (TPSA) is 96.8 Å². The maximum atomic E-state index is 11.5. The van der Waals surface area contributed by atoms with Gasteiger partial charge in [-0.1, -0.05) is 0 Å². The van der Waals surface area contributed by atoms with Crippen LogP contribution >= 0.6 is 0 Å². The first-order valence-electron chi connectivity index (χ1n) is 7.11. The molecular weight excluding hydrogens is 288 g/mol. The molecule has 1 fully saturated rings. The van der Waals surface area contributed by atoms with Gasteiger partial charge in [0.2, 0.25) is 0 Å². The second-order valence-electron chi connectivity index (χ2n) is 5.51. The van der Waals surface area contributed by atoms with Crippen molar-refractivity contribution in [2.75, 3.05) is 18.1 Å². The van der Waals surface area contributed by atoms with E-state index in [4.69, 9.17) is 4.42 Å². The molecule has 0 radical (unpaired) electrons. The number of nitrogens with zero attached hydrogens (tertiary/aromatic N) is 2. The fraction of sp³-hybridized carbons (Fsp3) is 0.400. The lowest BCUT2D eigenvalue weighted by molar-refractivity contribution is -0.384. The zero-order valence-corrected chi connectivity index (χ0v) is 12.1. The number of nitro benzene ring substituents is 1. The van der Waals surface area contributed by atoms with Gasteiger partial charge in [-0.3, -0.25) is 10.1 Å². The van der Waals surface area contributed by atoms with Gasteiger partial charge in [0, 0.05) is 30.1 Å². The molecule has 22 heavy (non-hydrogen) atoms. The van der Waals surface area contributed by atoms with Gasteiger partial charge in [-0.15, -0.1) is 0 Å². The summed E-state index contributed by atoms with van der Waals surface area (Å²) in [5, 5.41) is 21.4. The van der Waals surface area contributed by atoms with Crippen molar-refractivity contribution < 1.29 is 14.4 Å². The van der Waals surface area contributed by atoms with Crippen molar-refractivity contribution in [3.05, 3.63) is 44.3 Å². The predicted molar refractivity (Wildman–Crippen MR) is 81.3 cm³/mol. The Kier molecular flexibility index (Phi) is 3.58. The zero-order valence-electron chi connectivity index (χ0n) is 12.1. The molecule has 1 aliphatic heterocycles. The minimum atomic E-state index is -0.482. The Balaban J connectivity index is 2.25. The molecule has 2 aromatic rings. The van der Waals surface area contributed by atoms with Crippen molar-refractivity contribution >= 4 is 22.3 Å². The number of aliphatic hydroxyl groups excluding tert-OH is 1. The van der Waals surface area contributed by atoms with Crippen molar-refractivity contribution in [1.29, 1.82) is 0 Å². The maximum absolute atomic E-state index is 11.5. The molecule has 1 N–H and O–H groups in total. The average Bonchev–Trinajstić information content (AvgIpc) is 2.93. The number of aliphatic hydroxyl groups is 1. The lowest BCUT2D eigenvalue weighted by atomic mass is 10.1. The summed E-state index contributed by atoms with van der Waals surface area (Å²) in [7, 11) is 0. The normalized spacial score (nSPS) is 18.1. The van der Waals surface area contributed by atoms with Crippen LogP contribution in [-0.4, -0.2) is 29.2 Å². The van der Waals surface area contributed by atoms with Gasteiger partial charge in [0.1, 0.15) is 11.3 Å². The molecule has 0 amide bonds. The molecule has 1 atom stereocenters. The van der Waals surface area contributed by atoms with Crippen LogP contribution in [0.15, 0.2) is 27.4 Å². The smallest absolute Gasteiger partial charge is 0.336 e. The lowest BCUT2D eigenvalue weighted by Gasteiger charge is -2.25. The zero-order chi connectivity index (χ0) is 15.9. The predicted octanol–water partition coefficient (Wildman–Crippen LogP) is 1.97. The van der Waals surface area contributed by atoms with Gasteiger partial charge in [-0.25, -0.2) is 4.79 Å². The standard InChI is InChI=1S/C15H16N2O5/c1-9-5-15(19)22-14-7-12(13(17(20)21)6-11(9)14)16-4-2-3-10(16)8-18/h5-7,10,18H,2-4,8H2,1H3/t10-/m0/s1. The van der Waals surface area contributed by atoms with Crippen LogP contribution in [0, 0.1) is 17.0 Å². The van der Waals surface area contributed by atoms with Crippen molar-refractivity contribution in [2.24, 2.45) is 0 Å². The third-order valence-electron chi connectivity index (χ3n) is 4.14. The molecule has 7 nitrogen and oxygen atoms in total. The van der Waals surface area contributed by atoms with Crippen molar-refractivity contribution in [1.82, 2.24) is 0 Å². The molecule has 2 heterocycles. The molecule has 0 unspecified atom stereocenters. The molecule has 1 aromatic heterocycles. The monoisotopic (exact) mass is 304 g/mol. The highest BCUT2D eigenvalue weighted by molar-refractivity contribution is 5.88. The van der Waals surface area contributed by atoms with Gasteiger partial charge < -0.3 is 14.4 Å². The molecular formula is C15H16N2O5. The summed E-state index contributed by atoms with van der Waals surface area (Å²) in [4.78, 5) is 24.3. The van der Waals surface area contributed by atoms with Crippen LogP contribution in [0.3, 0.4) is 0 Å². The number of hydrogen-bond donors (Lipinski definition) is 1. The number of hydrogen-bond acceptors (Lipinski definition) is 6. The Labute approximate surface area is 125 Å². The minimum absolute atomic E-state index is 0.0372. The van der Waals surface area contributed by atoms with E-state index in [1.165, 1.54) is 18.2 Å². The first kappa shape index (κ1) is 14.5. The number of fused-ring (bicyclic) bond motifs is 1. The number of nitro groups is 1. The van der Waals surface area contributed by atoms with Gasteiger partial charge in [-0.2, -0.15) is 0 Å². The Morgan fingerprint density at radius 1 is 1.45 bits per heavy atom. The van der Waals surface area contributed by atoms with Gasteiger partial charge in [-0.05, 0) is 25.3 Å². The van der Waals surface area contributed by atoms with Crippen molar-refractivity contribution in [3.8, 4) is 0 Å². The molecule has 1 aromatic carbocycles. The lowest BCUT2D eigenvalue weighted by Crippen LogP contribution is -2.32. The van der Waals surface area contributed by atoms with Crippen molar-refractivity contribution in [3.63, 3.8) is 0 Å². The molecule has 116 valence electrons. The van der Waals surface area contributed by atoms with Crippen LogP contribution in [0.25, 0.3) is 11.0 Å². The Morgan fingerprint density at radius 3 is 2.91 bits per heavy atom. The van der Waals surface area contributed by atoms with Gasteiger partial charge in [0.15, 0.2) is 0 Å². The second kappa shape index (κ2) is 5.42. The summed E-state index contributed by atoms with van der Waals surface area (Å²) in [6.07, 6.45) is 1.64. The molecule has 0 aliphatic carbocycles. The van der Waals surface area contributed by atoms with E-state index in [1.807, 2.05) is 4.90 Å². The van der Waals surface area contributed by atoms with E-state index in [0.717, 1.165) is 12.8 Å². The summed E-state index contributed by atoms with van der Waals surface area (Å²) in [6.45, 7) is 2.29. The van der Waals surface area contributed by atoms with E-state index < -0.39 is 10.5 Å². The van der Waals surface area contributed by atoms with Crippen LogP contribution < -0.4 is 10.5 Å². The number of aryl methyl sites for hydroxylation is 1. The molecule has 0 bridgehead atoms. The highest BCUT2D eigenvalue weighted by Crippen LogP contribution is 2.37. The van der Waals surface area contributed by atoms with E-state index in [9.17, 15) is 20.0 Å². The summed E-state index contributed by atoms with van der Waals surface area (Å²) in [5.41, 5.74) is 0.841. The summed E-state index contributed by atoms with van der Waals surface area (Å²) in [6, 6.07) is 4.15. The number of rotatable bonds is 3. The van der Waals surface area contributed by atoms with Crippen LogP contribution in [0.4, 0.5) is 11.4 Å². The summed E-state index contributed by atoms with van der Waals surface area (Å²) < 4.78 is 5.18. The van der Waals surface area contributed by atoms with Crippen molar-refractivity contribution in [2.45, 2.75) is 25.8 Å². The quantitative estimate of drug-likeness (QED) is 0.529. The molecule has 7 heteroatoms. The maximum Gasteiger partial charge on any atom is 0.336 e. The first-order valence-corrected chi connectivity index (χ1v) is 7.11. The second-order valence-corrected chi connectivity index (χ2v) is 5.51. The van der Waals surface area contributed by atoms with E-state index in [-0.39, 0.29) is 18.3 Å². The number of anilines is 1. The molecule has 3 rings (SSSR count). The fourth-order valence-corrected chi connectivity index (χ4v) is 3.06. The summed E-state index contributed by atoms with van der Waals surface area (Å²) in [5.74, 6) is 0.